The van der Waals surface area contributed by atoms with Crippen molar-refractivity contribution in [3.05, 3.63) is 35.2 Å². The maximum absolute atomic E-state index is 11.7. The van der Waals surface area contributed by atoms with Gasteiger partial charge in [0.1, 0.15) is 0 Å². The molecule has 0 radical (unpaired) electrons. The van der Waals surface area contributed by atoms with E-state index in [0.29, 0.717) is 5.13 Å². The standard InChI is InChI=1S/C15H18N2OS/c1-4-12-13(11-8-6-5-7-9-11)16-15(19-12)17-14(18)10(2)3/h5-10H,4H2,1-3H3,(H,16,17,18). The van der Waals surface area contributed by atoms with Crippen molar-refractivity contribution in [3.63, 3.8) is 0 Å². The first-order valence-corrected chi connectivity index (χ1v) is 7.29. The molecule has 1 N–H and O–H groups in total. The molecule has 1 amide bonds. The second-order valence-corrected chi connectivity index (χ2v) is 5.74. The molecule has 1 heterocycles. The van der Waals surface area contributed by atoms with Gasteiger partial charge in [-0.1, -0.05) is 51.1 Å². The third-order valence-corrected chi connectivity index (χ3v) is 3.94. The molecule has 0 aliphatic heterocycles. The van der Waals surface area contributed by atoms with Crippen LogP contribution in [0.2, 0.25) is 0 Å². The van der Waals surface area contributed by atoms with E-state index in [-0.39, 0.29) is 11.8 Å². The molecule has 100 valence electrons. The highest BCUT2D eigenvalue weighted by molar-refractivity contribution is 7.16. The number of hydrogen-bond acceptors (Lipinski definition) is 3. The molecule has 0 saturated heterocycles. The minimum atomic E-state index is -0.0332. The third-order valence-electron chi connectivity index (χ3n) is 2.82. The lowest BCUT2D eigenvalue weighted by molar-refractivity contribution is -0.118. The van der Waals surface area contributed by atoms with Crippen LogP contribution in [0.25, 0.3) is 11.3 Å². The van der Waals surface area contributed by atoms with E-state index < -0.39 is 0 Å². The molecule has 0 aliphatic rings. The molecule has 0 unspecified atom stereocenters. The van der Waals surface area contributed by atoms with Gasteiger partial charge in [-0.05, 0) is 6.42 Å². The summed E-state index contributed by atoms with van der Waals surface area (Å²) in [6.45, 7) is 5.86. The maximum Gasteiger partial charge on any atom is 0.228 e. The Morgan fingerprint density at radius 2 is 2.00 bits per heavy atom. The molecule has 0 bridgehead atoms. The van der Waals surface area contributed by atoms with Gasteiger partial charge in [0.2, 0.25) is 5.91 Å². The van der Waals surface area contributed by atoms with Crippen LogP contribution >= 0.6 is 11.3 Å². The van der Waals surface area contributed by atoms with Crippen LogP contribution in [-0.4, -0.2) is 10.9 Å². The Labute approximate surface area is 117 Å². The lowest BCUT2D eigenvalue weighted by Gasteiger charge is -2.03. The van der Waals surface area contributed by atoms with Crippen LogP contribution in [0.3, 0.4) is 0 Å². The monoisotopic (exact) mass is 274 g/mol. The van der Waals surface area contributed by atoms with E-state index in [9.17, 15) is 4.79 Å². The van der Waals surface area contributed by atoms with Crippen LogP contribution < -0.4 is 5.32 Å². The molecule has 3 nitrogen and oxygen atoms in total. The zero-order chi connectivity index (χ0) is 13.8. The molecule has 19 heavy (non-hydrogen) atoms. The van der Waals surface area contributed by atoms with Gasteiger partial charge >= 0.3 is 0 Å². The number of hydrogen-bond donors (Lipinski definition) is 1. The molecule has 0 atom stereocenters. The van der Waals surface area contributed by atoms with Gasteiger partial charge in [0.15, 0.2) is 5.13 Å². The molecule has 0 spiro atoms. The maximum atomic E-state index is 11.7. The number of benzene rings is 1. The number of nitrogens with zero attached hydrogens (tertiary/aromatic N) is 1. The number of carbonyl (C=O) groups is 1. The van der Waals surface area contributed by atoms with Gasteiger partial charge in [0, 0.05) is 16.4 Å². The van der Waals surface area contributed by atoms with Crippen molar-refractivity contribution >= 4 is 22.4 Å². The Kier molecular flexibility index (Phi) is 4.32. The molecule has 2 aromatic rings. The van der Waals surface area contributed by atoms with Crippen molar-refractivity contribution in [2.75, 3.05) is 5.32 Å². The third kappa shape index (κ3) is 3.20. The highest BCUT2D eigenvalue weighted by Crippen LogP contribution is 2.31. The van der Waals surface area contributed by atoms with Crippen LogP contribution in [0.15, 0.2) is 30.3 Å². The summed E-state index contributed by atoms with van der Waals surface area (Å²) in [6, 6.07) is 10.1. The molecule has 0 aliphatic carbocycles. The van der Waals surface area contributed by atoms with E-state index in [2.05, 4.69) is 17.2 Å². The number of nitrogens with one attached hydrogen (secondary N) is 1. The molecular formula is C15H18N2OS. The van der Waals surface area contributed by atoms with Crippen molar-refractivity contribution in [2.45, 2.75) is 27.2 Å². The van der Waals surface area contributed by atoms with Crippen LogP contribution in [-0.2, 0) is 11.2 Å². The zero-order valence-corrected chi connectivity index (χ0v) is 12.3. The van der Waals surface area contributed by atoms with Gasteiger partial charge in [-0.3, -0.25) is 4.79 Å². The fourth-order valence-electron chi connectivity index (χ4n) is 1.72. The summed E-state index contributed by atoms with van der Waals surface area (Å²) < 4.78 is 0. The number of aromatic nitrogens is 1. The SMILES string of the molecule is CCc1sc(NC(=O)C(C)C)nc1-c1ccccc1. The average molecular weight is 274 g/mol. The lowest BCUT2D eigenvalue weighted by atomic mass is 10.1. The van der Waals surface area contributed by atoms with Gasteiger partial charge in [-0.25, -0.2) is 4.98 Å². The zero-order valence-electron chi connectivity index (χ0n) is 11.4. The second-order valence-electron chi connectivity index (χ2n) is 4.65. The lowest BCUT2D eigenvalue weighted by Crippen LogP contribution is -2.17. The van der Waals surface area contributed by atoms with Crippen LogP contribution in [0.4, 0.5) is 5.13 Å². The number of amides is 1. The number of carbonyl (C=O) groups excluding carboxylic acids is 1. The van der Waals surface area contributed by atoms with E-state index in [0.717, 1.165) is 17.7 Å². The normalized spacial score (nSPS) is 10.7. The van der Waals surface area contributed by atoms with E-state index in [1.807, 2.05) is 44.2 Å². The van der Waals surface area contributed by atoms with E-state index in [4.69, 9.17) is 0 Å². The highest BCUT2D eigenvalue weighted by Gasteiger charge is 2.14. The first-order chi connectivity index (χ1) is 9.11. The molecule has 4 heteroatoms. The smallest absolute Gasteiger partial charge is 0.228 e. The molecule has 1 aromatic heterocycles. The summed E-state index contributed by atoms with van der Waals surface area (Å²) in [5, 5.41) is 3.56. The largest absolute Gasteiger partial charge is 0.302 e. The second kappa shape index (κ2) is 5.97. The Bertz CT molecular complexity index is 561. The first-order valence-electron chi connectivity index (χ1n) is 6.47. The van der Waals surface area contributed by atoms with Gasteiger partial charge in [-0.15, -0.1) is 11.3 Å². The van der Waals surface area contributed by atoms with Crippen molar-refractivity contribution in [1.82, 2.24) is 4.98 Å². The van der Waals surface area contributed by atoms with Crippen molar-refractivity contribution < 1.29 is 4.79 Å². The topological polar surface area (TPSA) is 42.0 Å². The van der Waals surface area contributed by atoms with Gasteiger partial charge in [0.25, 0.3) is 0 Å². The summed E-state index contributed by atoms with van der Waals surface area (Å²) >= 11 is 1.56. The van der Waals surface area contributed by atoms with E-state index >= 15 is 0 Å². The van der Waals surface area contributed by atoms with E-state index in [1.165, 1.54) is 4.88 Å². The number of rotatable bonds is 4. The highest BCUT2D eigenvalue weighted by atomic mass is 32.1. The Morgan fingerprint density at radius 1 is 1.32 bits per heavy atom. The average Bonchev–Trinajstić information content (AvgIpc) is 2.82. The van der Waals surface area contributed by atoms with Crippen LogP contribution in [0.5, 0.6) is 0 Å². The fourth-order valence-corrected chi connectivity index (χ4v) is 2.64. The Balaban J connectivity index is 2.30. The summed E-state index contributed by atoms with van der Waals surface area (Å²) in [5.74, 6) is -0.0230. The summed E-state index contributed by atoms with van der Waals surface area (Å²) in [7, 11) is 0. The van der Waals surface area contributed by atoms with Crippen LogP contribution in [0.1, 0.15) is 25.6 Å². The predicted molar refractivity (Wildman–Crippen MR) is 80.4 cm³/mol. The van der Waals surface area contributed by atoms with Crippen molar-refractivity contribution in [1.29, 1.82) is 0 Å². The summed E-state index contributed by atoms with van der Waals surface area (Å²) in [5.41, 5.74) is 2.08. The van der Waals surface area contributed by atoms with Crippen molar-refractivity contribution in [2.24, 2.45) is 5.92 Å². The Hall–Kier alpha value is -1.68. The summed E-state index contributed by atoms with van der Waals surface area (Å²) in [6.07, 6.45) is 0.916. The molecule has 1 aromatic carbocycles. The number of thiazole rings is 1. The number of anilines is 1. The number of aryl methyl sites for hydroxylation is 1. The van der Waals surface area contributed by atoms with Gasteiger partial charge in [0.05, 0.1) is 5.69 Å². The minimum absolute atomic E-state index is 0.0102. The minimum Gasteiger partial charge on any atom is -0.302 e. The quantitative estimate of drug-likeness (QED) is 0.916. The predicted octanol–water partition coefficient (Wildman–Crippen LogP) is 3.97. The van der Waals surface area contributed by atoms with Crippen molar-refractivity contribution in [3.8, 4) is 11.3 Å². The molecule has 0 fully saturated rings. The first kappa shape index (κ1) is 13.7. The summed E-state index contributed by atoms with van der Waals surface area (Å²) in [4.78, 5) is 17.5. The van der Waals surface area contributed by atoms with Crippen LogP contribution in [0, 0.1) is 5.92 Å². The Morgan fingerprint density at radius 3 is 2.58 bits per heavy atom. The fraction of sp³-hybridized carbons (Fsp3) is 0.333. The molecule has 2 rings (SSSR count). The molecular weight excluding hydrogens is 256 g/mol. The van der Waals surface area contributed by atoms with E-state index in [1.54, 1.807) is 11.3 Å². The van der Waals surface area contributed by atoms with Gasteiger partial charge < -0.3 is 5.32 Å². The molecule has 0 saturated carbocycles. The van der Waals surface area contributed by atoms with Gasteiger partial charge in [-0.2, -0.15) is 0 Å².